The Bertz CT molecular complexity index is 1560. The maximum atomic E-state index is 6.69. The van der Waals surface area contributed by atoms with E-state index in [-0.39, 0.29) is 5.92 Å². The molecule has 2 heterocycles. The highest BCUT2D eigenvalue weighted by molar-refractivity contribution is 7.18. The summed E-state index contributed by atoms with van der Waals surface area (Å²) in [6.45, 7) is 4.93. The number of fused-ring (bicyclic) bond motifs is 1. The molecule has 1 aliphatic heterocycles. The summed E-state index contributed by atoms with van der Waals surface area (Å²) >= 11 is 8.35. The van der Waals surface area contributed by atoms with E-state index >= 15 is 0 Å². The lowest BCUT2D eigenvalue weighted by atomic mass is 9.94. The minimum Gasteiger partial charge on any atom is -0.497 e. The monoisotopic (exact) mass is 527 g/mol. The molecular formula is C30H26ClN3O2S. The van der Waals surface area contributed by atoms with Gasteiger partial charge in [0.05, 0.1) is 28.5 Å². The largest absolute Gasteiger partial charge is 0.497 e. The zero-order valence-corrected chi connectivity index (χ0v) is 22.5. The molecule has 37 heavy (non-hydrogen) atoms. The minimum absolute atomic E-state index is 0.0564. The Hall–Kier alpha value is -3.66. The second kappa shape index (κ2) is 11.2. The minimum atomic E-state index is 0.0564. The van der Waals surface area contributed by atoms with Crippen LogP contribution >= 0.6 is 22.9 Å². The zero-order valence-electron chi connectivity index (χ0n) is 20.9. The molecule has 1 aromatic heterocycles. The fourth-order valence-electron chi connectivity index (χ4n) is 4.48. The third kappa shape index (κ3) is 5.53. The van der Waals surface area contributed by atoms with Crippen LogP contribution in [0.1, 0.15) is 36.0 Å². The van der Waals surface area contributed by atoms with E-state index in [4.69, 9.17) is 21.1 Å². The second-order valence-electron chi connectivity index (χ2n) is 8.85. The summed E-state index contributed by atoms with van der Waals surface area (Å²) in [5, 5.41) is 15.8. The molecule has 0 amide bonds. The van der Waals surface area contributed by atoms with Gasteiger partial charge in [-0.15, -0.1) is 22.4 Å². The summed E-state index contributed by atoms with van der Waals surface area (Å²) in [7, 11) is 1.69. The molecule has 0 unspecified atom stereocenters. The maximum absolute atomic E-state index is 6.69. The first kappa shape index (κ1) is 25.0. The van der Waals surface area contributed by atoms with Crippen LogP contribution < -0.4 is 9.47 Å². The lowest BCUT2D eigenvalue weighted by Crippen LogP contribution is -2.07. The van der Waals surface area contributed by atoms with Crippen molar-refractivity contribution in [1.29, 1.82) is 0 Å². The molecule has 0 aliphatic carbocycles. The number of thiophene rings is 1. The first-order valence-corrected chi connectivity index (χ1v) is 13.2. The van der Waals surface area contributed by atoms with Gasteiger partial charge in [-0.05, 0) is 83.1 Å². The van der Waals surface area contributed by atoms with Crippen LogP contribution in [0.2, 0.25) is 5.02 Å². The van der Waals surface area contributed by atoms with Gasteiger partial charge in [-0.1, -0.05) is 35.7 Å². The Balaban J connectivity index is 1.33. The van der Waals surface area contributed by atoms with Crippen molar-refractivity contribution in [3.8, 4) is 34.5 Å². The Morgan fingerprint density at radius 1 is 1.05 bits per heavy atom. The van der Waals surface area contributed by atoms with Crippen LogP contribution in [0.3, 0.4) is 0 Å². The first-order valence-electron chi connectivity index (χ1n) is 12.0. The number of halogens is 1. The Labute approximate surface area is 225 Å². The van der Waals surface area contributed by atoms with Crippen LogP contribution in [0.25, 0.3) is 21.2 Å². The van der Waals surface area contributed by atoms with Crippen molar-refractivity contribution in [2.24, 2.45) is 15.4 Å². The normalized spacial score (nSPS) is 13.2. The maximum Gasteiger partial charge on any atom is 0.119 e. The quantitative estimate of drug-likeness (QED) is 0.216. The number of hydrogen-bond donors (Lipinski definition) is 0. The lowest BCUT2D eigenvalue weighted by Gasteiger charge is -2.13. The van der Waals surface area contributed by atoms with E-state index in [9.17, 15) is 0 Å². The summed E-state index contributed by atoms with van der Waals surface area (Å²) in [4.78, 5) is 0. The van der Waals surface area contributed by atoms with Crippen molar-refractivity contribution in [3.05, 3.63) is 81.7 Å². The molecule has 1 atom stereocenters. The van der Waals surface area contributed by atoms with Crippen LogP contribution in [0, 0.1) is 18.8 Å². The van der Waals surface area contributed by atoms with E-state index in [1.54, 1.807) is 18.4 Å². The van der Waals surface area contributed by atoms with E-state index in [1.807, 2.05) is 31.2 Å². The number of aryl methyl sites for hydroxylation is 1. The average Bonchev–Trinajstić information content (AvgIpc) is 3.58. The number of benzene rings is 3. The van der Waals surface area contributed by atoms with Crippen molar-refractivity contribution in [3.63, 3.8) is 0 Å². The Morgan fingerprint density at radius 2 is 1.86 bits per heavy atom. The summed E-state index contributed by atoms with van der Waals surface area (Å²) in [5.41, 5.74) is 6.60. The Kier molecular flexibility index (Phi) is 7.55. The van der Waals surface area contributed by atoms with Crippen LogP contribution in [0.4, 0.5) is 0 Å². The van der Waals surface area contributed by atoms with Crippen LogP contribution in [-0.4, -0.2) is 19.4 Å². The standard InChI is InChI=1S/C30H26ClN3O2S/c1-4-5-22(15-23-16-32-34-33-23)21-6-8-24(9-7-21)36-17-20-13-27-28(18-37-30(27)29(31)14-20)26-11-10-25(35-3)12-19(26)2/h6-14,18,22H,15-17H2,1-3H3/t22-/m0/s1. The van der Waals surface area contributed by atoms with Gasteiger partial charge >= 0.3 is 0 Å². The summed E-state index contributed by atoms with van der Waals surface area (Å²) < 4.78 is 12.6. The zero-order chi connectivity index (χ0) is 25.8. The molecule has 0 spiro atoms. The summed E-state index contributed by atoms with van der Waals surface area (Å²) in [6, 6.07) is 18.4. The molecule has 0 saturated carbocycles. The number of methoxy groups -OCH3 is 1. The fraction of sp³-hybridized carbons (Fsp3) is 0.233. The highest BCUT2D eigenvalue weighted by Gasteiger charge is 2.16. The van der Waals surface area contributed by atoms with Gasteiger partial charge in [0.2, 0.25) is 0 Å². The van der Waals surface area contributed by atoms with Gasteiger partial charge in [-0.25, -0.2) is 0 Å². The van der Waals surface area contributed by atoms with Crippen molar-refractivity contribution in [1.82, 2.24) is 0 Å². The number of rotatable bonds is 8. The van der Waals surface area contributed by atoms with E-state index in [0.29, 0.717) is 13.2 Å². The van der Waals surface area contributed by atoms with E-state index < -0.39 is 0 Å². The first-order chi connectivity index (χ1) is 18.1. The number of nitrogens with zero attached hydrogens (tertiary/aromatic N) is 3. The van der Waals surface area contributed by atoms with E-state index in [2.05, 4.69) is 69.9 Å². The van der Waals surface area contributed by atoms with Crippen LogP contribution in [0.15, 0.2) is 75.4 Å². The fourth-order valence-corrected chi connectivity index (χ4v) is 5.81. The summed E-state index contributed by atoms with van der Waals surface area (Å²) in [5.74, 6) is 8.01. The molecule has 0 radical (unpaired) electrons. The summed E-state index contributed by atoms with van der Waals surface area (Å²) in [6.07, 6.45) is 0.725. The molecule has 5 rings (SSSR count). The topological polar surface area (TPSA) is 55.5 Å². The molecule has 0 fully saturated rings. The molecule has 186 valence electrons. The van der Waals surface area contributed by atoms with Gasteiger partial charge in [0.15, 0.2) is 0 Å². The Morgan fingerprint density at radius 3 is 2.57 bits per heavy atom. The highest BCUT2D eigenvalue weighted by Crippen LogP contribution is 2.40. The van der Waals surface area contributed by atoms with Crippen molar-refractivity contribution < 1.29 is 9.47 Å². The third-order valence-electron chi connectivity index (χ3n) is 6.36. The van der Waals surface area contributed by atoms with Gasteiger partial charge in [0.25, 0.3) is 0 Å². The molecule has 7 heteroatoms. The predicted molar refractivity (Wildman–Crippen MR) is 152 cm³/mol. The average molecular weight is 528 g/mol. The third-order valence-corrected chi connectivity index (χ3v) is 7.80. The molecular weight excluding hydrogens is 502 g/mol. The van der Waals surface area contributed by atoms with Crippen molar-refractivity contribution in [2.75, 3.05) is 13.7 Å². The van der Waals surface area contributed by atoms with Crippen molar-refractivity contribution >= 4 is 38.7 Å². The molecule has 1 aliphatic rings. The highest BCUT2D eigenvalue weighted by atomic mass is 35.5. The van der Waals surface area contributed by atoms with E-state index in [0.717, 1.165) is 55.4 Å². The smallest absolute Gasteiger partial charge is 0.119 e. The molecule has 4 aromatic rings. The van der Waals surface area contributed by atoms with Crippen LogP contribution in [-0.2, 0) is 6.61 Å². The van der Waals surface area contributed by atoms with Gasteiger partial charge in [-0.2, -0.15) is 5.11 Å². The van der Waals surface area contributed by atoms with Gasteiger partial charge in [-0.3, -0.25) is 0 Å². The van der Waals surface area contributed by atoms with Crippen LogP contribution in [0.5, 0.6) is 11.5 Å². The van der Waals surface area contributed by atoms with Crippen molar-refractivity contribution in [2.45, 2.75) is 32.8 Å². The number of hydrogen-bond acceptors (Lipinski definition) is 6. The lowest BCUT2D eigenvalue weighted by molar-refractivity contribution is 0.306. The molecule has 3 aromatic carbocycles. The van der Waals surface area contributed by atoms with Gasteiger partial charge < -0.3 is 9.47 Å². The number of ether oxygens (including phenoxy) is 2. The van der Waals surface area contributed by atoms with E-state index in [1.165, 1.54) is 11.1 Å². The predicted octanol–water partition coefficient (Wildman–Crippen LogP) is 8.44. The molecule has 0 N–H and O–H groups in total. The second-order valence-corrected chi connectivity index (χ2v) is 10.1. The SMILES string of the molecule is CC#C[C@@H](CC1=NN=NC1)c1ccc(OCc2cc(Cl)c3scc(-c4ccc(OC)cc4C)c3c2)cc1. The molecule has 0 bridgehead atoms. The van der Waals surface area contributed by atoms with Gasteiger partial charge in [0.1, 0.15) is 24.7 Å². The molecule has 0 saturated heterocycles. The van der Waals surface area contributed by atoms with Gasteiger partial charge in [0, 0.05) is 17.4 Å². The molecule has 5 nitrogen and oxygen atoms in total.